The normalized spacial score (nSPS) is 25.2. The van der Waals surface area contributed by atoms with Gasteiger partial charge in [-0.25, -0.2) is 4.79 Å². The molecule has 0 aromatic heterocycles. The fourth-order valence-electron chi connectivity index (χ4n) is 3.18. The minimum absolute atomic E-state index is 0.0761. The molecule has 1 aromatic carbocycles. The van der Waals surface area contributed by atoms with Crippen molar-refractivity contribution in [1.82, 2.24) is 0 Å². The zero-order valence-electron chi connectivity index (χ0n) is 11.7. The molecule has 6 nitrogen and oxygen atoms in total. The average Bonchev–Trinajstić information content (AvgIpc) is 3.09. The highest BCUT2D eigenvalue weighted by atomic mass is 35.5. The number of benzene rings is 1. The van der Waals surface area contributed by atoms with Crippen LogP contribution in [0.4, 0.5) is 16.2 Å². The lowest BCUT2D eigenvalue weighted by atomic mass is 9.95. The summed E-state index contributed by atoms with van der Waals surface area (Å²) in [4.78, 5) is 22.2. The van der Waals surface area contributed by atoms with Gasteiger partial charge in [0.05, 0.1) is 11.5 Å². The zero-order chi connectivity index (χ0) is 15.7. The SMILES string of the molecule is O=C(Nc1ccc(Cl)cc1[N+](=O)[O-])OCC1CC2C=CC1C2. The van der Waals surface area contributed by atoms with Gasteiger partial charge in [0, 0.05) is 17.0 Å². The van der Waals surface area contributed by atoms with E-state index in [1.807, 2.05) is 0 Å². The van der Waals surface area contributed by atoms with Gasteiger partial charge in [0.2, 0.25) is 0 Å². The van der Waals surface area contributed by atoms with E-state index in [0.29, 0.717) is 24.4 Å². The maximum atomic E-state index is 11.8. The molecule has 0 spiro atoms. The summed E-state index contributed by atoms with van der Waals surface area (Å²) in [6, 6.07) is 4.06. The summed E-state index contributed by atoms with van der Waals surface area (Å²) in [5.74, 6) is 1.45. The summed E-state index contributed by atoms with van der Waals surface area (Å²) >= 11 is 5.73. The third-order valence-corrected chi connectivity index (χ3v) is 4.47. The monoisotopic (exact) mass is 322 g/mol. The lowest BCUT2D eigenvalue weighted by Crippen LogP contribution is -2.21. The second-order valence-corrected chi connectivity index (χ2v) is 6.12. The van der Waals surface area contributed by atoms with Crippen molar-refractivity contribution in [1.29, 1.82) is 0 Å². The van der Waals surface area contributed by atoms with Gasteiger partial charge in [0.25, 0.3) is 5.69 Å². The van der Waals surface area contributed by atoms with Crippen molar-refractivity contribution < 1.29 is 14.5 Å². The van der Waals surface area contributed by atoms with Crippen LogP contribution < -0.4 is 5.32 Å². The summed E-state index contributed by atoms with van der Waals surface area (Å²) in [5.41, 5.74) is -0.181. The van der Waals surface area contributed by atoms with Gasteiger partial charge in [0.1, 0.15) is 5.69 Å². The van der Waals surface area contributed by atoms with Crippen LogP contribution in [0.1, 0.15) is 12.8 Å². The maximum Gasteiger partial charge on any atom is 0.411 e. The third-order valence-electron chi connectivity index (χ3n) is 4.24. The summed E-state index contributed by atoms with van der Waals surface area (Å²) in [6.07, 6.45) is 5.90. The smallest absolute Gasteiger partial charge is 0.411 e. The highest BCUT2D eigenvalue weighted by Gasteiger charge is 2.36. The van der Waals surface area contributed by atoms with Crippen LogP contribution in [0.5, 0.6) is 0 Å². The predicted octanol–water partition coefficient (Wildman–Crippen LogP) is 4.01. The first-order valence-corrected chi connectivity index (χ1v) is 7.47. The lowest BCUT2D eigenvalue weighted by molar-refractivity contribution is -0.383. The van der Waals surface area contributed by atoms with Crippen molar-refractivity contribution in [2.45, 2.75) is 12.8 Å². The molecule has 7 heteroatoms. The molecule has 1 N–H and O–H groups in total. The summed E-state index contributed by atoms with van der Waals surface area (Å²) in [6.45, 7) is 0.332. The maximum absolute atomic E-state index is 11.8. The van der Waals surface area contributed by atoms with E-state index in [-0.39, 0.29) is 16.4 Å². The molecule has 2 bridgehead atoms. The summed E-state index contributed by atoms with van der Waals surface area (Å²) in [5, 5.41) is 13.6. The zero-order valence-corrected chi connectivity index (χ0v) is 12.5. The fraction of sp³-hybridized carbons (Fsp3) is 0.400. The van der Waals surface area contributed by atoms with Crippen LogP contribution in [0.2, 0.25) is 5.02 Å². The Morgan fingerprint density at radius 2 is 2.23 bits per heavy atom. The molecule has 2 aliphatic carbocycles. The molecule has 3 unspecified atom stereocenters. The Morgan fingerprint density at radius 1 is 1.41 bits per heavy atom. The summed E-state index contributed by atoms with van der Waals surface area (Å²) in [7, 11) is 0. The van der Waals surface area contributed by atoms with Crippen molar-refractivity contribution in [2.75, 3.05) is 11.9 Å². The molecule has 1 aromatic rings. The number of carbonyl (C=O) groups is 1. The minimum atomic E-state index is -0.683. The van der Waals surface area contributed by atoms with Crippen molar-refractivity contribution in [3.63, 3.8) is 0 Å². The average molecular weight is 323 g/mol. The molecule has 0 saturated heterocycles. The fourth-order valence-corrected chi connectivity index (χ4v) is 3.34. The van der Waals surface area contributed by atoms with E-state index in [1.54, 1.807) is 0 Å². The van der Waals surface area contributed by atoms with Crippen molar-refractivity contribution in [2.24, 2.45) is 17.8 Å². The first-order valence-electron chi connectivity index (χ1n) is 7.09. The molecular weight excluding hydrogens is 308 g/mol. The van der Waals surface area contributed by atoms with Crippen LogP contribution in [0.15, 0.2) is 30.4 Å². The quantitative estimate of drug-likeness (QED) is 0.516. The van der Waals surface area contributed by atoms with Crippen LogP contribution in [-0.4, -0.2) is 17.6 Å². The number of ether oxygens (including phenoxy) is 1. The Kier molecular flexibility index (Phi) is 4.02. The molecule has 22 heavy (non-hydrogen) atoms. The van der Waals surface area contributed by atoms with Gasteiger partial charge < -0.3 is 4.74 Å². The molecule has 116 valence electrons. The molecule has 3 atom stereocenters. The Hall–Kier alpha value is -2.08. The predicted molar refractivity (Wildman–Crippen MR) is 81.9 cm³/mol. The van der Waals surface area contributed by atoms with E-state index in [2.05, 4.69) is 17.5 Å². The Morgan fingerprint density at radius 3 is 2.86 bits per heavy atom. The molecule has 2 aliphatic rings. The number of hydrogen-bond acceptors (Lipinski definition) is 4. The number of nitro benzene ring substituents is 1. The molecule has 1 amide bonds. The summed E-state index contributed by atoms with van der Waals surface area (Å²) < 4.78 is 5.21. The Balaban J connectivity index is 1.58. The van der Waals surface area contributed by atoms with Crippen LogP contribution >= 0.6 is 11.6 Å². The Bertz CT molecular complexity index is 646. The van der Waals surface area contributed by atoms with E-state index < -0.39 is 11.0 Å². The standard InChI is InChI=1S/C15H15ClN2O4/c16-12-3-4-13(14(7-12)18(20)21)17-15(19)22-8-11-6-9-1-2-10(11)5-9/h1-4,7,9-11H,5-6,8H2,(H,17,19). The van der Waals surface area contributed by atoms with Crippen LogP contribution in [-0.2, 0) is 4.74 Å². The van der Waals surface area contributed by atoms with E-state index in [1.165, 1.54) is 18.2 Å². The van der Waals surface area contributed by atoms with E-state index >= 15 is 0 Å². The highest BCUT2D eigenvalue weighted by Crippen LogP contribution is 2.43. The van der Waals surface area contributed by atoms with Crippen molar-refractivity contribution in [3.05, 3.63) is 45.5 Å². The molecule has 0 heterocycles. The lowest BCUT2D eigenvalue weighted by Gasteiger charge is -2.17. The molecule has 1 saturated carbocycles. The first-order chi connectivity index (χ1) is 10.5. The van der Waals surface area contributed by atoms with E-state index in [9.17, 15) is 14.9 Å². The number of fused-ring (bicyclic) bond motifs is 2. The second kappa shape index (κ2) is 5.96. The largest absolute Gasteiger partial charge is 0.449 e. The molecular formula is C15H15ClN2O4. The van der Waals surface area contributed by atoms with E-state index in [0.717, 1.165) is 12.8 Å². The number of rotatable bonds is 4. The van der Waals surface area contributed by atoms with Gasteiger partial charge in [-0.05, 0) is 36.8 Å². The molecule has 0 radical (unpaired) electrons. The molecule has 1 fully saturated rings. The van der Waals surface area contributed by atoms with E-state index in [4.69, 9.17) is 16.3 Å². The minimum Gasteiger partial charge on any atom is -0.449 e. The number of anilines is 1. The van der Waals surface area contributed by atoms with Gasteiger partial charge >= 0.3 is 6.09 Å². The number of halogens is 1. The van der Waals surface area contributed by atoms with Gasteiger partial charge in [0.15, 0.2) is 0 Å². The van der Waals surface area contributed by atoms with Crippen molar-refractivity contribution >= 4 is 29.1 Å². The number of hydrogen-bond donors (Lipinski definition) is 1. The first kappa shape index (κ1) is 14.8. The number of amides is 1. The number of carbonyl (C=O) groups excluding carboxylic acids is 1. The van der Waals surface area contributed by atoms with Crippen molar-refractivity contribution in [3.8, 4) is 0 Å². The van der Waals surface area contributed by atoms with Crippen LogP contribution in [0.3, 0.4) is 0 Å². The van der Waals surface area contributed by atoms with Gasteiger partial charge in [-0.3, -0.25) is 15.4 Å². The number of allylic oxidation sites excluding steroid dienone is 2. The number of nitro groups is 1. The van der Waals surface area contributed by atoms with Crippen LogP contribution in [0, 0.1) is 27.9 Å². The van der Waals surface area contributed by atoms with Crippen LogP contribution in [0.25, 0.3) is 0 Å². The molecule has 0 aliphatic heterocycles. The highest BCUT2D eigenvalue weighted by molar-refractivity contribution is 6.31. The Labute approximate surface area is 132 Å². The number of nitrogens with one attached hydrogen (secondary N) is 1. The van der Waals surface area contributed by atoms with Gasteiger partial charge in [-0.2, -0.15) is 0 Å². The second-order valence-electron chi connectivity index (χ2n) is 5.68. The number of nitrogens with zero attached hydrogens (tertiary/aromatic N) is 1. The topological polar surface area (TPSA) is 81.5 Å². The van der Waals surface area contributed by atoms with Gasteiger partial charge in [-0.1, -0.05) is 23.8 Å². The molecule has 3 rings (SSSR count). The van der Waals surface area contributed by atoms with Gasteiger partial charge in [-0.15, -0.1) is 0 Å². The third kappa shape index (κ3) is 3.06.